The van der Waals surface area contributed by atoms with Crippen molar-refractivity contribution in [3.05, 3.63) is 35.7 Å². The lowest BCUT2D eigenvalue weighted by molar-refractivity contribution is 0.00578. The van der Waals surface area contributed by atoms with Crippen LogP contribution in [0.2, 0.25) is 5.82 Å². The monoisotopic (exact) mass is 583 g/mol. The molecule has 2 aromatic heterocycles. The van der Waals surface area contributed by atoms with Gasteiger partial charge in [-0.25, -0.2) is 0 Å². The van der Waals surface area contributed by atoms with E-state index in [-0.39, 0.29) is 24.3 Å². The first-order chi connectivity index (χ1) is 19.6. The number of anilines is 3. The molecule has 0 spiro atoms. The molecule has 3 aromatic rings. The largest absolute Gasteiger partial charge is 0.500 e. The molecule has 6 rings (SSSR count). The second-order valence-corrected chi connectivity index (χ2v) is 12.8. The molecule has 2 fully saturated rings. The molecule has 41 heavy (non-hydrogen) atoms. The number of hydrogen-bond donors (Lipinski definition) is 3. The Kier molecular flexibility index (Phi) is 7.42. The van der Waals surface area contributed by atoms with Crippen molar-refractivity contribution in [1.82, 2.24) is 15.4 Å². The third-order valence-electron chi connectivity index (χ3n) is 8.61. The first-order valence-corrected chi connectivity index (χ1v) is 14.9. The second kappa shape index (κ2) is 10.8. The van der Waals surface area contributed by atoms with Crippen molar-refractivity contribution in [1.29, 1.82) is 0 Å². The van der Waals surface area contributed by atoms with Gasteiger partial charge in [0.25, 0.3) is 0 Å². The Morgan fingerprint density at radius 3 is 2.46 bits per heavy atom. The highest BCUT2D eigenvalue weighted by Gasteiger charge is 2.55. The number of nitrogens with one attached hydrogen (secondary N) is 3. The molecule has 0 radical (unpaired) electrons. The number of rotatable bonds is 10. The Balaban J connectivity index is 1.18. The predicted molar refractivity (Wildman–Crippen MR) is 160 cm³/mol. The fourth-order valence-corrected chi connectivity index (χ4v) is 6.36. The molecule has 2 aliphatic carbocycles. The van der Waals surface area contributed by atoms with Crippen molar-refractivity contribution >= 4 is 47.4 Å². The van der Waals surface area contributed by atoms with E-state index in [2.05, 4.69) is 59.2 Å². The van der Waals surface area contributed by atoms with E-state index in [1.807, 2.05) is 18.2 Å². The first kappa shape index (κ1) is 28.3. The highest BCUT2D eigenvalue weighted by molar-refractivity contribution is 8.01. The van der Waals surface area contributed by atoms with Gasteiger partial charge in [0, 0.05) is 36.7 Å². The summed E-state index contributed by atoms with van der Waals surface area (Å²) in [5, 5.41) is 15.8. The number of ether oxygens (including phenoxy) is 3. The van der Waals surface area contributed by atoms with E-state index in [0.717, 1.165) is 34.8 Å². The lowest BCUT2D eigenvalue weighted by atomic mass is 9.66. The molecule has 220 valence electrons. The van der Waals surface area contributed by atoms with Gasteiger partial charge in [0.1, 0.15) is 16.8 Å². The van der Waals surface area contributed by atoms with Crippen molar-refractivity contribution in [2.24, 2.45) is 0 Å². The van der Waals surface area contributed by atoms with Crippen LogP contribution in [0.15, 0.2) is 34.6 Å². The number of aromatic amines is 1. The summed E-state index contributed by atoms with van der Waals surface area (Å²) in [6.07, 6.45) is 5.09. The molecule has 3 heterocycles. The molecule has 1 aromatic carbocycles. The summed E-state index contributed by atoms with van der Waals surface area (Å²) >= 11 is 1.47. The van der Waals surface area contributed by atoms with E-state index in [9.17, 15) is 0 Å². The molecule has 1 aliphatic heterocycles. The molecule has 1 saturated heterocycles. The smallest absolute Gasteiger partial charge is 0.465 e. The van der Waals surface area contributed by atoms with Gasteiger partial charge in [-0.3, -0.25) is 5.10 Å². The maximum absolute atomic E-state index is 6.33. The van der Waals surface area contributed by atoms with Crippen molar-refractivity contribution in [2.45, 2.75) is 81.2 Å². The Labute approximate surface area is 244 Å². The minimum absolute atomic E-state index is 0.00858. The van der Waals surface area contributed by atoms with Gasteiger partial charge in [-0.2, -0.15) is 5.10 Å². The number of benzene rings is 1. The van der Waals surface area contributed by atoms with Crippen molar-refractivity contribution in [3.8, 4) is 5.75 Å². The average Bonchev–Trinajstić information content (AvgIpc) is 3.49. The molecular formula is C28H38BN5O6S. The van der Waals surface area contributed by atoms with Crippen LogP contribution in [0.3, 0.4) is 0 Å². The number of aromatic nitrogens is 3. The van der Waals surface area contributed by atoms with Crippen LogP contribution in [0.1, 0.15) is 58.6 Å². The SMILES string of the molecule is COC1=CC(B2OC(C)(C)C(C)(C)O2)CC(OC)C1SNc1noc2cc(Nc3cc(C4CC4)[nH]n3)c(OC)cc12. The molecule has 3 unspecified atom stereocenters. The molecule has 0 bridgehead atoms. The zero-order valence-corrected chi connectivity index (χ0v) is 25.4. The topological polar surface area (TPSA) is 125 Å². The fourth-order valence-electron chi connectivity index (χ4n) is 5.31. The van der Waals surface area contributed by atoms with Gasteiger partial charge in [-0.15, -0.1) is 0 Å². The minimum atomic E-state index is -0.406. The van der Waals surface area contributed by atoms with Gasteiger partial charge in [0.15, 0.2) is 17.2 Å². The van der Waals surface area contributed by atoms with Gasteiger partial charge in [-0.05, 0) is 71.0 Å². The molecule has 3 N–H and O–H groups in total. The van der Waals surface area contributed by atoms with Crippen molar-refractivity contribution < 1.29 is 28.0 Å². The number of H-pyrrole nitrogens is 1. The van der Waals surface area contributed by atoms with E-state index in [4.69, 9.17) is 28.0 Å². The van der Waals surface area contributed by atoms with E-state index in [0.29, 0.717) is 23.1 Å². The van der Waals surface area contributed by atoms with Gasteiger partial charge in [-0.1, -0.05) is 5.16 Å². The first-order valence-electron chi connectivity index (χ1n) is 14.0. The Bertz CT molecular complexity index is 1420. The van der Waals surface area contributed by atoms with Gasteiger partial charge < -0.3 is 38.1 Å². The summed E-state index contributed by atoms with van der Waals surface area (Å²) in [5.41, 5.74) is 1.70. The third kappa shape index (κ3) is 5.40. The van der Waals surface area contributed by atoms with Gasteiger partial charge in [0.2, 0.25) is 0 Å². The number of hydrogen-bond acceptors (Lipinski definition) is 11. The Morgan fingerprint density at radius 2 is 1.80 bits per heavy atom. The maximum atomic E-state index is 6.33. The van der Waals surface area contributed by atoms with Gasteiger partial charge >= 0.3 is 7.12 Å². The summed E-state index contributed by atoms with van der Waals surface area (Å²) in [5.74, 6) is 3.35. The van der Waals surface area contributed by atoms with E-state index < -0.39 is 11.2 Å². The number of nitrogens with zero attached hydrogens (tertiary/aromatic N) is 2. The van der Waals surface area contributed by atoms with Crippen LogP contribution >= 0.6 is 11.9 Å². The molecule has 1 saturated carbocycles. The summed E-state index contributed by atoms with van der Waals surface area (Å²) < 4.78 is 39.2. The third-order valence-corrected chi connectivity index (χ3v) is 9.71. The molecule has 11 nitrogen and oxygen atoms in total. The summed E-state index contributed by atoms with van der Waals surface area (Å²) in [4.78, 5) is 0. The highest BCUT2D eigenvalue weighted by Crippen LogP contribution is 2.46. The van der Waals surface area contributed by atoms with E-state index in [1.54, 1.807) is 21.3 Å². The molecule has 0 amide bonds. The Hall–Kier alpha value is -2.87. The average molecular weight is 584 g/mol. The van der Waals surface area contributed by atoms with Crippen molar-refractivity contribution in [3.63, 3.8) is 0 Å². The lowest BCUT2D eigenvalue weighted by Gasteiger charge is -2.34. The minimum Gasteiger partial charge on any atom is -0.500 e. The molecule has 3 atom stereocenters. The van der Waals surface area contributed by atoms with Crippen LogP contribution in [0.25, 0.3) is 11.0 Å². The normalized spacial score (nSPS) is 25.3. The zero-order valence-electron chi connectivity index (χ0n) is 24.6. The lowest BCUT2D eigenvalue weighted by Crippen LogP contribution is -2.41. The number of fused-ring (bicyclic) bond motifs is 1. The van der Waals surface area contributed by atoms with Gasteiger partial charge in [0.05, 0.1) is 42.6 Å². The molecule has 13 heteroatoms. The maximum Gasteiger partial charge on any atom is 0.465 e. The summed E-state index contributed by atoms with van der Waals surface area (Å²) in [6, 6.07) is 5.82. The van der Waals surface area contributed by atoms with Crippen molar-refractivity contribution in [2.75, 3.05) is 31.4 Å². The Morgan fingerprint density at radius 1 is 1.05 bits per heavy atom. The molecule has 3 aliphatic rings. The quantitative estimate of drug-likeness (QED) is 0.192. The van der Waals surface area contributed by atoms with Crippen LogP contribution in [-0.4, -0.2) is 66.4 Å². The highest BCUT2D eigenvalue weighted by atomic mass is 32.2. The number of methoxy groups -OCH3 is 3. The van der Waals surface area contributed by atoms with Crippen LogP contribution in [0.5, 0.6) is 5.75 Å². The number of allylic oxidation sites excluding steroid dienone is 1. The summed E-state index contributed by atoms with van der Waals surface area (Å²) in [7, 11) is 4.66. The van der Waals surface area contributed by atoms with Crippen LogP contribution in [0, 0.1) is 0 Å². The predicted octanol–water partition coefficient (Wildman–Crippen LogP) is 6.02. The fraction of sp³-hybridized carbons (Fsp3) is 0.571. The van der Waals surface area contributed by atoms with Crippen LogP contribution < -0.4 is 14.8 Å². The summed E-state index contributed by atoms with van der Waals surface area (Å²) in [6.45, 7) is 8.24. The standard InChI is InChI=1S/C28H38BN5O6S/c1-27(2)28(3,4)40-29(39-27)16-10-22(36-6)25(23(11-16)37-7)41-34-26-17-12-21(35-5)19(13-20(17)38-33-26)30-24-14-18(31-32-24)15-8-9-15/h10,12-16,23,25H,8-9,11H2,1-7H3,(H,33,34)(H2,30,31,32). The van der Waals surface area contributed by atoms with E-state index in [1.165, 1.54) is 24.8 Å². The second-order valence-electron chi connectivity index (χ2n) is 11.9. The zero-order chi connectivity index (χ0) is 28.9. The van der Waals surface area contributed by atoms with E-state index >= 15 is 0 Å². The van der Waals surface area contributed by atoms with Crippen LogP contribution in [-0.2, 0) is 18.8 Å². The van der Waals surface area contributed by atoms with Crippen LogP contribution in [0.4, 0.5) is 17.3 Å². The molecular weight excluding hydrogens is 545 g/mol.